The van der Waals surface area contributed by atoms with Crippen LogP contribution < -0.4 is 4.74 Å². The standard InChI is InChI=1S/C22H25NO5/c1-27-22(26)18-8-6-16(7-9-18)15-28-20-5-3-2-4-19(20)14-23-12-10-17(11-13-23)21(24)25/h2-9,17H,10-15H2,1H3,(H,24,25). The minimum absolute atomic E-state index is 0.226. The molecule has 1 N–H and O–H groups in total. The fraction of sp³-hybridized carbons (Fsp3) is 0.364. The topological polar surface area (TPSA) is 76.1 Å². The van der Waals surface area contributed by atoms with Crippen molar-refractivity contribution < 1.29 is 24.2 Å². The van der Waals surface area contributed by atoms with E-state index in [-0.39, 0.29) is 11.9 Å². The molecule has 6 nitrogen and oxygen atoms in total. The number of likely N-dealkylation sites (tertiary alicyclic amines) is 1. The molecule has 0 bridgehead atoms. The molecule has 1 aliphatic rings. The third-order valence-corrected chi connectivity index (χ3v) is 5.07. The van der Waals surface area contributed by atoms with Gasteiger partial charge in [-0.25, -0.2) is 4.79 Å². The summed E-state index contributed by atoms with van der Waals surface area (Å²) in [5, 5.41) is 9.13. The molecule has 0 unspecified atom stereocenters. The highest BCUT2D eigenvalue weighted by atomic mass is 16.5. The summed E-state index contributed by atoms with van der Waals surface area (Å²) in [7, 11) is 1.36. The number of carbonyl (C=O) groups is 2. The Balaban J connectivity index is 1.58. The Morgan fingerprint density at radius 2 is 1.75 bits per heavy atom. The van der Waals surface area contributed by atoms with Crippen LogP contribution in [0, 0.1) is 5.92 Å². The predicted octanol–water partition coefficient (Wildman–Crippen LogP) is 3.35. The molecule has 28 heavy (non-hydrogen) atoms. The van der Waals surface area contributed by atoms with Crippen molar-refractivity contribution in [1.29, 1.82) is 0 Å². The van der Waals surface area contributed by atoms with Crippen molar-refractivity contribution >= 4 is 11.9 Å². The zero-order valence-electron chi connectivity index (χ0n) is 16.0. The van der Waals surface area contributed by atoms with Crippen LogP contribution >= 0.6 is 0 Å². The van der Waals surface area contributed by atoms with Gasteiger partial charge < -0.3 is 14.6 Å². The maximum absolute atomic E-state index is 11.5. The van der Waals surface area contributed by atoms with E-state index in [0.29, 0.717) is 25.0 Å². The third kappa shape index (κ3) is 5.10. The minimum Gasteiger partial charge on any atom is -0.489 e. The van der Waals surface area contributed by atoms with Gasteiger partial charge in [0.2, 0.25) is 0 Å². The molecule has 0 spiro atoms. The molecule has 148 valence electrons. The van der Waals surface area contributed by atoms with E-state index >= 15 is 0 Å². The number of carbonyl (C=O) groups excluding carboxylic acids is 1. The molecule has 1 saturated heterocycles. The number of nitrogens with zero attached hydrogens (tertiary/aromatic N) is 1. The van der Waals surface area contributed by atoms with Crippen LogP contribution in [0.5, 0.6) is 5.75 Å². The van der Waals surface area contributed by atoms with Crippen LogP contribution in [0.1, 0.15) is 34.3 Å². The van der Waals surface area contributed by atoms with Crippen molar-refractivity contribution in [2.24, 2.45) is 5.92 Å². The second-order valence-electron chi connectivity index (χ2n) is 6.97. The molecule has 0 aliphatic carbocycles. The Bertz CT molecular complexity index is 810. The van der Waals surface area contributed by atoms with Crippen molar-refractivity contribution in [1.82, 2.24) is 4.90 Å². The van der Waals surface area contributed by atoms with Gasteiger partial charge in [-0.3, -0.25) is 9.69 Å². The number of carboxylic acid groups (broad SMARTS) is 1. The fourth-order valence-corrected chi connectivity index (χ4v) is 3.37. The number of hydrogen-bond acceptors (Lipinski definition) is 5. The highest BCUT2D eigenvalue weighted by molar-refractivity contribution is 5.89. The normalized spacial score (nSPS) is 15.2. The van der Waals surface area contributed by atoms with Gasteiger partial charge in [-0.1, -0.05) is 30.3 Å². The van der Waals surface area contributed by atoms with E-state index in [0.717, 1.165) is 36.5 Å². The second-order valence-corrected chi connectivity index (χ2v) is 6.97. The zero-order valence-corrected chi connectivity index (χ0v) is 16.0. The summed E-state index contributed by atoms with van der Waals surface area (Å²) in [4.78, 5) is 24.9. The molecular weight excluding hydrogens is 358 g/mol. The maximum atomic E-state index is 11.5. The molecule has 0 aromatic heterocycles. The Morgan fingerprint density at radius 1 is 1.07 bits per heavy atom. The Hall–Kier alpha value is -2.86. The molecular formula is C22H25NO5. The third-order valence-electron chi connectivity index (χ3n) is 5.07. The quantitative estimate of drug-likeness (QED) is 0.739. The number of benzene rings is 2. The molecule has 1 fully saturated rings. The number of ether oxygens (including phenoxy) is 2. The summed E-state index contributed by atoms with van der Waals surface area (Å²) in [6.07, 6.45) is 1.37. The lowest BCUT2D eigenvalue weighted by Gasteiger charge is -2.30. The first kappa shape index (κ1) is 19.9. The van der Waals surface area contributed by atoms with E-state index in [1.807, 2.05) is 36.4 Å². The minimum atomic E-state index is -0.693. The van der Waals surface area contributed by atoms with E-state index in [1.165, 1.54) is 7.11 Å². The molecule has 6 heteroatoms. The Labute approximate surface area is 164 Å². The molecule has 0 amide bonds. The number of piperidine rings is 1. The number of methoxy groups -OCH3 is 1. The second kappa shape index (κ2) is 9.37. The van der Waals surface area contributed by atoms with Crippen molar-refractivity contribution in [3.8, 4) is 5.75 Å². The number of aliphatic carboxylic acids is 1. The van der Waals surface area contributed by atoms with Gasteiger partial charge in [0.15, 0.2) is 0 Å². The fourth-order valence-electron chi connectivity index (χ4n) is 3.37. The SMILES string of the molecule is COC(=O)c1ccc(COc2ccccc2CN2CCC(C(=O)O)CC2)cc1. The van der Waals surface area contributed by atoms with Crippen molar-refractivity contribution in [3.63, 3.8) is 0 Å². The zero-order chi connectivity index (χ0) is 19.9. The van der Waals surface area contributed by atoms with Gasteiger partial charge in [-0.2, -0.15) is 0 Å². The first-order valence-corrected chi connectivity index (χ1v) is 9.40. The van der Waals surface area contributed by atoms with Crippen LogP contribution in [0.25, 0.3) is 0 Å². The van der Waals surface area contributed by atoms with Gasteiger partial charge in [0.1, 0.15) is 12.4 Å². The highest BCUT2D eigenvalue weighted by Crippen LogP contribution is 2.24. The number of para-hydroxylation sites is 1. The number of hydrogen-bond donors (Lipinski definition) is 1. The lowest BCUT2D eigenvalue weighted by molar-refractivity contribution is -0.143. The summed E-state index contributed by atoms with van der Waals surface area (Å²) >= 11 is 0. The number of esters is 1. The van der Waals surface area contributed by atoms with E-state index in [4.69, 9.17) is 14.6 Å². The van der Waals surface area contributed by atoms with Gasteiger partial charge in [0.25, 0.3) is 0 Å². The first-order valence-electron chi connectivity index (χ1n) is 9.40. The number of carboxylic acids is 1. The van der Waals surface area contributed by atoms with Crippen LogP contribution in [-0.4, -0.2) is 42.1 Å². The summed E-state index contributed by atoms with van der Waals surface area (Å²) < 4.78 is 10.7. The molecule has 2 aromatic carbocycles. The maximum Gasteiger partial charge on any atom is 0.337 e. The van der Waals surface area contributed by atoms with Crippen LogP contribution in [0.3, 0.4) is 0 Å². The van der Waals surface area contributed by atoms with Gasteiger partial charge in [0, 0.05) is 12.1 Å². The number of rotatable bonds is 7. The van der Waals surface area contributed by atoms with Gasteiger partial charge in [-0.05, 0) is 49.7 Å². The monoisotopic (exact) mass is 383 g/mol. The summed E-state index contributed by atoms with van der Waals surface area (Å²) in [6.45, 7) is 2.70. The molecule has 0 radical (unpaired) electrons. The van der Waals surface area contributed by atoms with Crippen molar-refractivity contribution in [2.45, 2.75) is 26.0 Å². The average Bonchev–Trinajstić information content (AvgIpc) is 2.73. The van der Waals surface area contributed by atoms with E-state index in [9.17, 15) is 9.59 Å². The average molecular weight is 383 g/mol. The Kier molecular flexibility index (Phi) is 6.66. The van der Waals surface area contributed by atoms with E-state index < -0.39 is 5.97 Å². The molecule has 1 heterocycles. The molecule has 1 aliphatic heterocycles. The molecule has 0 saturated carbocycles. The van der Waals surface area contributed by atoms with Crippen LogP contribution in [-0.2, 0) is 22.7 Å². The van der Waals surface area contributed by atoms with Gasteiger partial charge in [0.05, 0.1) is 18.6 Å². The van der Waals surface area contributed by atoms with Crippen LogP contribution in [0.15, 0.2) is 48.5 Å². The van der Waals surface area contributed by atoms with E-state index in [2.05, 4.69) is 4.90 Å². The van der Waals surface area contributed by atoms with Gasteiger partial charge in [-0.15, -0.1) is 0 Å². The van der Waals surface area contributed by atoms with Crippen molar-refractivity contribution in [3.05, 3.63) is 65.2 Å². The largest absolute Gasteiger partial charge is 0.489 e. The summed E-state index contributed by atoms with van der Waals surface area (Å²) in [5.74, 6) is -0.457. The van der Waals surface area contributed by atoms with E-state index in [1.54, 1.807) is 12.1 Å². The van der Waals surface area contributed by atoms with Crippen molar-refractivity contribution in [2.75, 3.05) is 20.2 Å². The molecule has 2 aromatic rings. The van der Waals surface area contributed by atoms with Crippen LogP contribution in [0.4, 0.5) is 0 Å². The lowest BCUT2D eigenvalue weighted by Crippen LogP contribution is -2.35. The summed E-state index contributed by atoms with van der Waals surface area (Å²) in [5.41, 5.74) is 2.56. The summed E-state index contributed by atoms with van der Waals surface area (Å²) in [6, 6.07) is 15.1. The van der Waals surface area contributed by atoms with Gasteiger partial charge >= 0.3 is 11.9 Å². The molecule has 0 atom stereocenters. The Morgan fingerprint density at radius 3 is 2.39 bits per heavy atom. The lowest BCUT2D eigenvalue weighted by atomic mass is 9.97. The first-order chi connectivity index (χ1) is 13.6. The molecule has 3 rings (SSSR count). The predicted molar refractivity (Wildman–Crippen MR) is 104 cm³/mol. The van der Waals surface area contributed by atoms with Crippen LogP contribution in [0.2, 0.25) is 0 Å². The highest BCUT2D eigenvalue weighted by Gasteiger charge is 2.24. The smallest absolute Gasteiger partial charge is 0.337 e.